The van der Waals surface area contributed by atoms with Crippen LogP contribution in [0.4, 0.5) is 20.6 Å². The van der Waals surface area contributed by atoms with Gasteiger partial charge in [0.1, 0.15) is 5.82 Å². The fraction of sp³-hybridized carbons (Fsp3) is 0.235. The molecule has 0 radical (unpaired) electrons. The fourth-order valence-electron chi connectivity index (χ4n) is 2.18. The Balaban J connectivity index is 1.95. The summed E-state index contributed by atoms with van der Waals surface area (Å²) in [6.07, 6.45) is -1.11. The van der Waals surface area contributed by atoms with Gasteiger partial charge >= 0.3 is 6.03 Å². The summed E-state index contributed by atoms with van der Waals surface area (Å²) in [7, 11) is 3.75. The van der Waals surface area contributed by atoms with E-state index in [0.29, 0.717) is 5.69 Å². The van der Waals surface area contributed by atoms with Crippen molar-refractivity contribution in [3.8, 4) is 0 Å². The molecule has 1 unspecified atom stereocenters. The molecule has 0 fully saturated rings. The van der Waals surface area contributed by atoms with Crippen LogP contribution in [-0.4, -0.2) is 31.8 Å². The van der Waals surface area contributed by atoms with Gasteiger partial charge in [-0.05, 0) is 18.2 Å². The molecule has 0 aliphatic rings. The number of aliphatic hydroxyl groups is 1. The van der Waals surface area contributed by atoms with Crippen molar-refractivity contribution in [2.24, 2.45) is 0 Å². The molecule has 0 saturated carbocycles. The highest BCUT2D eigenvalue weighted by Crippen LogP contribution is 2.23. The molecular weight excluding hydrogens is 297 g/mol. The highest BCUT2D eigenvalue weighted by Gasteiger charge is 2.14. The monoisotopic (exact) mass is 317 g/mol. The molecule has 1 atom stereocenters. The van der Waals surface area contributed by atoms with Crippen LogP contribution in [0, 0.1) is 5.82 Å². The number of urea groups is 1. The highest BCUT2D eigenvalue weighted by molar-refractivity contribution is 5.93. The van der Waals surface area contributed by atoms with Crippen LogP contribution in [0.2, 0.25) is 0 Å². The lowest BCUT2D eigenvalue weighted by Gasteiger charge is -2.18. The Hall–Kier alpha value is -2.60. The molecule has 2 aromatic carbocycles. The summed E-state index contributed by atoms with van der Waals surface area (Å²) in [6, 6.07) is 12.8. The number of aliphatic hydroxyl groups excluding tert-OH is 1. The first kappa shape index (κ1) is 16.8. The number of para-hydroxylation sites is 2. The van der Waals surface area contributed by atoms with Gasteiger partial charge < -0.3 is 20.6 Å². The molecule has 2 amide bonds. The Morgan fingerprint density at radius 1 is 1.17 bits per heavy atom. The summed E-state index contributed by atoms with van der Waals surface area (Å²) in [5.41, 5.74) is 1.66. The normalized spacial score (nSPS) is 11.7. The predicted octanol–water partition coefficient (Wildman–Crippen LogP) is 2.75. The molecule has 0 aliphatic carbocycles. The Labute approximate surface area is 134 Å². The molecule has 0 heterocycles. The minimum absolute atomic E-state index is 0.0864. The van der Waals surface area contributed by atoms with Crippen LogP contribution in [0.3, 0.4) is 0 Å². The number of hydrogen-bond acceptors (Lipinski definition) is 3. The third-order valence-electron chi connectivity index (χ3n) is 3.35. The lowest BCUT2D eigenvalue weighted by Crippen LogP contribution is -2.33. The molecular formula is C17H20FN3O2. The lowest BCUT2D eigenvalue weighted by molar-refractivity contribution is 0.170. The molecule has 122 valence electrons. The van der Waals surface area contributed by atoms with E-state index in [0.717, 1.165) is 5.69 Å². The average Bonchev–Trinajstić information content (AvgIpc) is 2.53. The van der Waals surface area contributed by atoms with Crippen molar-refractivity contribution in [3.63, 3.8) is 0 Å². The van der Waals surface area contributed by atoms with Gasteiger partial charge in [-0.1, -0.05) is 30.3 Å². The third-order valence-corrected chi connectivity index (χ3v) is 3.35. The van der Waals surface area contributed by atoms with Crippen molar-refractivity contribution in [1.29, 1.82) is 0 Å². The molecule has 2 rings (SSSR count). The van der Waals surface area contributed by atoms with Crippen molar-refractivity contribution < 1.29 is 14.3 Å². The summed E-state index contributed by atoms with van der Waals surface area (Å²) >= 11 is 0. The van der Waals surface area contributed by atoms with E-state index in [-0.39, 0.29) is 12.1 Å². The molecule has 3 N–H and O–H groups in total. The number of anilines is 2. The maximum atomic E-state index is 13.6. The highest BCUT2D eigenvalue weighted by atomic mass is 19.1. The van der Waals surface area contributed by atoms with Gasteiger partial charge in [-0.3, -0.25) is 0 Å². The van der Waals surface area contributed by atoms with Crippen LogP contribution in [0.1, 0.15) is 11.7 Å². The molecule has 0 bridgehead atoms. The van der Waals surface area contributed by atoms with Crippen LogP contribution in [0.25, 0.3) is 0 Å². The van der Waals surface area contributed by atoms with Gasteiger partial charge in [-0.2, -0.15) is 0 Å². The summed E-state index contributed by atoms with van der Waals surface area (Å²) < 4.78 is 13.6. The zero-order valence-electron chi connectivity index (χ0n) is 13.1. The van der Waals surface area contributed by atoms with Gasteiger partial charge in [-0.15, -0.1) is 0 Å². The van der Waals surface area contributed by atoms with E-state index in [4.69, 9.17) is 0 Å². The van der Waals surface area contributed by atoms with Crippen LogP contribution < -0.4 is 15.5 Å². The Morgan fingerprint density at radius 3 is 2.52 bits per heavy atom. The maximum absolute atomic E-state index is 13.6. The number of halogens is 1. The number of carbonyl (C=O) groups is 1. The van der Waals surface area contributed by atoms with Gasteiger partial charge in [0.05, 0.1) is 17.5 Å². The minimum atomic E-state index is -1.11. The Kier molecular flexibility index (Phi) is 5.54. The number of amides is 2. The summed E-state index contributed by atoms with van der Waals surface area (Å²) in [6.45, 7) is -0.0864. The Bertz CT molecular complexity index is 676. The molecule has 23 heavy (non-hydrogen) atoms. The molecule has 0 saturated heterocycles. The van der Waals surface area contributed by atoms with Crippen LogP contribution >= 0.6 is 0 Å². The molecule has 0 aromatic heterocycles. The second-order valence-corrected chi connectivity index (χ2v) is 5.28. The number of nitrogens with zero attached hydrogens (tertiary/aromatic N) is 1. The zero-order chi connectivity index (χ0) is 16.8. The average molecular weight is 317 g/mol. The van der Waals surface area contributed by atoms with Crippen molar-refractivity contribution in [2.45, 2.75) is 6.10 Å². The first-order valence-corrected chi connectivity index (χ1v) is 7.22. The zero-order valence-corrected chi connectivity index (χ0v) is 13.1. The van der Waals surface area contributed by atoms with Crippen LogP contribution in [-0.2, 0) is 0 Å². The SMILES string of the molecule is CN(C)c1ccccc1NC(=O)NCC(O)c1ccccc1F. The molecule has 2 aromatic rings. The second-order valence-electron chi connectivity index (χ2n) is 5.28. The molecule has 5 nitrogen and oxygen atoms in total. The smallest absolute Gasteiger partial charge is 0.319 e. The largest absolute Gasteiger partial charge is 0.386 e. The standard InChI is InChI=1S/C17H20FN3O2/c1-21(2)15-10-6-5-9-14(15)20-17(23)19-11-16(22)12-7-3-4-8-13(12)18/h3-10,16,22H,11H2,1-2H3,(H2,19,20,23). The van der Waals surface area contributed by atoms with E-state index in [2.05, 4.69) is 10.6 Å². The van der Waals surface area contributed by atoms with E-state index in [1.807, 2.05) is 37.2 Å². The van der Waals surface area contributed by atoms with Crippen LogP contribution in [0.5, 0.6) is 0 Å². The van der Waals surface area contributed by atoms with E-state index in [9.17, 15) is 14.3 Å². The number of nitrogens with one attached hydrogen (secondary N) is 2. The molecule has 6 heteroatoms. The number of rotatable bonds is 5. The van der Waals surface area contributed by atoms with E-state index in [1.54, 1.807) is 18.2 Å². The van der Waals surface area contributed by atoms with Crippen molar-refractivity contribution >= 4 is 17.4 Å². The molecule has 0 spiro atoms. The van der Waals surface area contributed by atoms with Crippen LogP contribution in [0.15, 0.2) is 48.5 Å². The fourth-order valence-corrected chi connectivity index (χ4v) is 2.18. The minimum Gasteiger partial charge on any atom is -0.386 e. The summed E-state index contributed by atoms with van der Waals surface area (Å²) in [5, 5.41) is 15.2. The number of carbonyl (C=O) groups excluding carboxylic acids is 1. The van der Waals surface area contributed by atoms with E-state index < -0.39 is 18.0 Å². The summed E-state index contributed by atoms with van der Waals surface area (Å²) in [4.78, 5) is 13.8. The first-order valence-electron chi connectivity index (χ1n) is 7.22. The first-order chi connectivity index (χ1) is 11.0. The predicted molar refractivity (Wildman–Crippen MR) is 89.2 cm³/mol. The Morgan fingerprint density at radius 2 is 1.83 bits per heavy atom. The van der Waals surface area contributed by atoms with Crippen molar-refractivity contribution in [3.05, 3.63) is 59.9 Å². The quantitative estimate of drug-likeness (QED) is 0.794. The number of benzene rings is 2. The van der Waals surface area contributed by atoms with Gasteiger partial charge in [-0.25, -0.2) is 9.18 Å². The van der Waals surface area contributed by atoms with Gasteiger partial charge in [0.2, 0.25) is 0 Å². The van der Waals surface area contributed by atoms with E-state index >= 15 is 0 Å². The van der Waals surface area contributed by atoms with E-state index in [1.165, 1.54) is 12.1 Å². The topological polar surface area (TPSA) is 64.6 Å². The maximum Gasteiger partial charge on any atom is 0.319 e. The van der Waals surface area contributed by atoms with Gasteiger partial charge in [0.25, 0.3) is 0 Å². The van der Waals surface area contributed by atoms with Gasteiger partial charge in [0, 0.05) is 26.2 Å². The van der Waals surface area contributed by atoms with Crippen molar-refractivity contribution in [1.82, 2.24) is 5.32 Å². The third kappa shape index (κ3) is 4.43. The summed E-state index contributed by atoms with van der Waals surface area (Å²) in [5.74, 6) is -0.500. The number of hydrogen-bond donors (Lipinski definition) is 3. The van der Waals surface area contributed by atoms with Gasteiger partial charge in [0.15, 0.2) is 0 Å². The van der Waals surface area contributed by atoms with Crippen molar-refractivity contribution in [2.75, 3.05) is 30.9 Å². The molecule has 0 aliphatic heterocycles. The second kappa shape index (κ2) is 7.60. The lowest BCUT2D eigenvalue weighted by atomic mass is 10.1.